The molecule has 0 aromatic carbocycles. The number of piperidine rings is 1. The van der Waals surface area contributed by atoms with E-state index in [0.717, 1.165) is 40.9 Å². The van der Waals surface area contributed by atoms with Gasteiger partial charge in [-0.1, -0.05) is 13.3 Å². The molecular weight excluding hydrogens is 392 g/mol. The molecule has 1 saturated heterocycles. The van der Waals surface area contributed by atoms with Crippen LogP contribution in [-0.4, -0.2) is 53.0 Å². The summed E-state index contributed by atoms with van der Waals surface area (Å²) in [7, 11) is 1.81. The highest BCUT2D eigenvalue weighted by Gasteiger charge is 2.19. The van der Waals surface area contributed by atoms with Gasteiger partial charge in [-0.15, -0.1) is 0 Å². The molecule has 1 unspecified atom stereocenters. The van der Waals surface area contributed by atoms with E-state index in [1.54, 1.807) is 0 Å². The zero-order valence-electron chi connectivity index (χ0n) is 15.7. The normalized spacial score (nSPS) is 19.0. The number of pyridine rings is 1. The summed E-state index contributed by atoms with van der Waals surface area (Å²) in [4.78, 5) is 11.6. The average molecular weight is 421 g/mol. The first-order valence-corrected chi connectivity index (χ1v) is 10.3. The molecule has 2 aromatic heterocycles. The molecule has 26 heavy (non-hydrogen) atoms. The van der Waals surface area contributed by atoms with E-state index in [0.29, 0.717) is 6.54 Å². The van der Waals surface area contributed by atoms with Crippen molar-refractivity contribution >= 4 is 27.5 Å². The minimum atomic E-state index is 0.653. The van der Waals surface area contributed by atoms with Gasteiger partial charge in [0.05, 0.1) is 12.2 Å². The summed E-state index contributed by atoms with van der Waals surface area (Å²) in [5.74, 6) is 0.827. The number of fused-ring (bicyclic) bond motifs is 1. The lowest BCUT2D eigenvalue weighted by Crippen LogP contribution is -2.45. The molecule has 0 amide bonds. The van der Waals surface area contributed by atoms with Gasteiger partial charge < -0.3 is 15.0 Å². The lowest BCUT2D eigenvalue weighted by molar-refractivity contribution is 0.147. The number of aromatic nitrogens is 2. The van der Waals surface area contributed by atoms with E-state index in [4.69, 9.17) is 0 Å². The molecular formula is C19H29BrN6. The summed E-state index contributed by atoms with van der Waals surface area (Å²) in [6.07, 6.45) is 9.35. The van der Waals surface area contributed by atoms with Crippen molar-refractivity contribution in [3.8, 4) is 0 Å². The van der Waals surface area contributed by atoms with Crippen LogP contribution in [0, 0.1) is 0 Å². The van der Waals surface area contributed by atoms with Crippen LogP contribution in [0.2, 0.25) is 0 Å². The van der Waals surface area contributed by atoms with Crippen LogP contribution in [0.25, 0.3) is 5.65 Å². The Labute approximate surface area is 164 Å². The second-order valence-electron chi connectivity index (χ2n) is 6.79. The summed E-state index contributed by atoms with van der Waals surface area (Å²) in [5, 5.41) is 6.79. The molecule has 2 aromatic rings. The Morgan fingerprint density at radius 3 is 3.00 bits per heavy atom. The average Bonchev–Trinajstić information content (AvgIpc) is 3.06. The molecule has 7 heteroatoms. The number of halogens is 1. The Kier molecular flexibility index (Phi) is 6.91. The van der Waals surface area contributed by atoms with Gasteiger partial charge in [0, 0.05) is 43.0 Å². The molecule has 142 valence electrons. The first kappa shape index (κ1) is 19.2. The Hall–Kier alpha value is -1.60. The Bertz CT molecular complexity index is 741. The number of rotatable bonds is 6. The van der Waals surface area contributed by atoms with Gasteiger partial charge in [0.25, 0.3) is 0 Å². The van der Waals surface area contributed by atoms with Crippen molar-refractivity contribution in [3.63, 3.8) is 0 Å². The van der Waals surface area contributed by atoms with Gasteiger partial charge in [0.2, 0.25) is 0 Å². The van der Waals surface area contributed by atoms with Crippen LogP contribution in [0.3, 0.4) is 0 Å². The zero-order valence-corrected chi connectivity index (χ0v) is 17.3. The van der Waals surface area contributed by atoms with E-state index in [2.05, 4.69) is 48.4 Å². The standard InChI is InChI=1S/C19H29BrN6/c1-3-17-6-4-5-10-25(17)11-9-22-19(21-2)23-12-16-14-26-13-15(20)7-8-18(26)24-16/h7-8,13-14,17H,3-6,9-12H2,1-2H3,(H2,21,22,23). The van der Waals surface area contributed by atoms with E-state index in [-0.39, 0.29) is 0 Å². The fourth-order valence-corrected chi connectivity index (χ4v) is 3.98. The number of nitrogens with one attached hydrogen (secondary N) is 2. The molecule has 0 radical (unpaired) electrons. The van der Waals surface area contributed by atoms with Gasteiger partial charge in [0.1, 0.15) is 5.65 Å². The Morgan fingerprint density at radius 1 is 1.31 bits per heavy atom. The van der Waals surface area contributed by atoms with Gasteiger partial charge in [-0.3, -0.25) is 9.89 Å². The Balaban J connectivity index is 1.46. The van der Waals surface area contributed by atoms with Crippen LogP contribution >= 0.6 is 15.9 Å². The maximum atomic E-state index is 4.62. The van der Waals surface area contributed by atoms with Gasteiger partial charge in [0.15, 0.2) is 5.96 Å². The van der Waals surface area contributed by atoms with E-state index in [1.807, 2.05) is 36.0 Å². The molecule has 0 aliphatic carbocycles. The zero-order chi connectivity index (χ0) is 18.4. The molecule has 0 spiro atoms. The third kappa shape index (κ3) is 4.98. The van der Waals surface area contributed by atoms with Crippen LogP contribution in [0.15, 0.2) is 34.0 Å². The molecule has 1 fully saturated rings. The maximum Gasteiger partial charge on any atom is 0.191 e. The molecule has 3 heterocycles. The smallest absolute Gasteiger partial charge is 0.191 e. The molecule has 1 aliphatic heterocycles. The SMILES string of the molecule is CCC1CCCCN1CCNC(=NC)NCc1cn2cc(Br)ccc2n1. The van der Waals surface area contributed by atoms with Gasteiger partial charge in [-0.05, 0) is 53.9 Å². The number of likely N-dealkylation sites (tertiary alicyclic amines) is 1. The third-order valence-corrected chi connectivity index (χ3v) is 5.51. The van der Waals surface area contributed by atoms with E-state index >= 15 is 0 Å². The van der Waals surface area contributed by atoms with Crippen molar-refractivity contribution in [3.05, 3.63) is 34.7 Å². The summed E-state index contributed by atoms with van der Waals surface area (Å²) in [5.41, 5.74) is 1.94. The second kappa shape index (κ2) is 9.37. The van der Waals surface area contributed by atoms with E-state index in [1.165, 1.54) is 32.2 Å². The third-order valence-electron chi connectivity index (χ3n) is 5.04. The van der Waals surface area contributed by atoms with Crippen LogP contribution in [0.5, 0.6) is 0 Å². The van der Waals surface area contributed by atoms with Crippen molar-refractivity contribution in [2.45, 2.75) is 45.2 Å². The monoisotopic (exact) mass is 420 g/mol. The number of aliphatic imine (C=N–C) groups is 1. The molecule has 1 aliphatic rings. The van der Waals surface area contributed by atoms with Gasteiger partial charge >= 0.3 is 0 Å². The van der Waals surface area contributed by atoms with Gasteiger partial charge in [-0.25, -0.2) is 4.98 Å². The second-order valence-corrected chi connectivity index (χ2v) is 7.71. The van der Waals surface area contributed by atoms with E-state index in [9.17, 15) is 0 Å². The highest BCUT2D eigenvalue weighted by Crippen LogP contribution is 2.18. The number of imidazole rings is 1. The number of nitrogens with zero attached hydrogens (tertiary/aromatic N) is 4. The fourth-order valence-electron chi connectivity index (χ4n) is 3.63. The summed E-state index contributed by atoms with van der Waals surface area (Å²) in [6.45, 7) is 6.16. The predicted molar refractivity (Wildman–Crippen MR) is 111 cm³/mol. The topological polar surface area (TPSA) is 57.0 Å². The quantitative estimate of drug-likeness (QED) is 0.556. The van der Waals surface area contributed by atoms with E-state index < -0.39 is 0 Å². The van der Waals surface area contributed by atoms with Crippen LogP contribution in [-0.2, 0) is 6.54 Å². The highest BCUT2D eigenvalue weighted by molar-refractivity contribution is 9.10. The lowest BCUT2D eigenvalue weighted by Gasteiger charge is -2.35. The minimum Gasteiger partial charge on any atom is -0.355 e. The number of hydrogen-bond donors (Lipinski definition) is 2. The maximum absolute atomic E-state index is 4.62. The first-order chi connectivity index (χ1) is 12.7. The number of guanidine groups is 1. The molecule has 6 nitrogen and oxygen atoms in total. The predicted octanol–water partition coefficient (Wildman–Crippen LogP) is 3.03. The molecule has 3 rings (SSSR count). The fraction of sp³-hybridized carbons (Fsp3) is 0.579. The number of hydrogen-bond acceptors (Lipinski definition) is 3. The van der Waals surface area contributed by atoms with Gasteiger partial charge in [-0.2, -0.15) is 0 Å². The molecule has 0 bridgehead atoms. The van der Waals surface area contributed by atoms with Crippen LogP contribution in [0.4, 0.5) is 0 Å². The first-order valence-electron chi connectivity index (χ1n) is 9.51. The summed E-state index contributed by atoms with van der Waals surface area (Å²) >= 11 is 3.49. The summed E-state index contributed by atoms with van der Waals surface area (Å²) in [6, 6.07) is 4.76. The van der Waals surface area contributed by atoms with Crippen molar-refractivity contribution < 1.29 is 0 Å². The van der Waals surface area contributed by atoms with Crippen LogP contribution < -0.4 is 10.6 Å². The van der Waals surface area contributed by atoms with Crippen molar-refractivity contribution in [1.29, 1.82) is 0 Å². The minimum absolute atomic E-state index is 0.653. The largest absolute Gasteiger partial charge is 0.355 e. The lowest BCUT2D eigenvalue weighted by atomic mass is 10.0. The van der Waals surface area contributed by atoms with Crippen molar-refractivity contribution in [2.24, 2.45) is 4.99 Å². The molecule has 2 N–H and O–H groups in total. The molecule has 0 saturated carbocycles. The summed E-state index contributed by atoms with van der Waals surface area (Å²) < 4.78 is 3.07. The van der Waals surface area contributed by atoms with Crippen molar-refractivity contribution in [2.75, 3.05) is 26.7 Å². The van der Waals surface area contributed by atoms with Crippen LogP contribution in [0.1, 0.15) is 38.3 Å². The molecule has 1 atom stereocenters. The highest BCUT2D eigenvalue weighted by atomic mass is 79.9. The Morgan fingerprint density at radius 2 is 2.19 bits per heavy atom. The van der Waals surface area contributed by atoms with Crippen molar-refractivity contribution in [1.82, 2.24) is 24.9 Å².